The second-order valence-corrected chi connectivity index (χ2v) is 7.04. The maximum atomic E-state index is 12.4. The monoisotopic (exact) mass is 375 g/mol. The van der Waals surface area contributed by atoms with Crippen molar-refractivity contribution in [2.45, 2.75) is 38.8 Å². The lowest BCUT2D eigenvalue weighted by Gasteiger charge is -2.18. The fourth-order valence-electron chi connectivity index (χ4n) is 3.06. The maximum Gasteiger partial charge on any atom is 0.338 e. The number of nitrogens with one attached hydrogen (secondary N) is 1. The van der Waals surface area contributed by atoms with Crippen molar-refractivity contribution >= 4 is 22.6 Å². The first-order valence-corrected chi connectivity index (χ1v) is 9.57. The van der Waals surface area contributed by atoms with Gasteiger partial charge in [0.2, 0.25) is 0 Å². The molecule has 3 rings (SSSR count). The molecule has 0 unspecified atom stereocenters. The van der Waals surface area contributed by atoms with Crippen molar-refractivity contribution in [1.29, 1.82) is 0 Å². The van der Waals surface area contributed by atoms with Gasteiger partial charge in [-0.15, -0.1) is 0 Å². The minimum Gasteiger partial charge on any atom is -0.449 e. The lowest BCUT2D eigenvalue weighted by Crippen LogP contribution is -2.41. The first kappa shape index (κ1) is 19.6. The van der Waals surface area contributed by atoms with Crippen molar-refractivity contribution in [2.75, 3.05) is 0 Å². The SMILES string of the molecule is C[C@@H](CCc1ccccc1)NC(=O)[C@@H](C)OC(=O)c1ccc2ccccc2c1. The molecule has 0 heterocycles. The van der Waals surface area contributed by atoms with Gasteiger partial charge in [0.1, 0.15) is 0 Å². The number of fused-ring (bicyclic) bond motifs is 1. The molecule has 2 atom stereocenters. The van der Waals surface area contributed by atoms with Crippen LogP contribution in [0.25, 0.3) is 10.8 Å². The van der Waals surface area contributed by atoms with Gasteiger partial charge in [0.25, 0.3) is 5.91 Å². The molecule has 0 aliphatic rings. The highest BCUT2D eigenvalue weighted by molar-refractivity contribution is 5.96. The molecule has 0 aliphatic heterocycles. The predicted octanol–water partition coefficient (Wildman–Crippen LogP) is 4.52. The highest BCUT2D eigenvalue weighted by Crippen LogP contribution is 2.16. The van der Waals surface area contributed by atoms with E-state index in [1.165, 1.54) is 5.56 Å². The van der Waals surface area contributed by atoms with Crippen molar-refractivity contribution in [3.63, 3.8) is 0 Å². The van der Waals surface area contributed by atoms with E-state index in [1.54, 1.807) is 19.1 Å². The average Bonchev–Trinajstić information content (AvgIpc) is 2.72. The topological polar surface area (TPSA) is 55.4 Å². The zero-order chi connectivity index (χ0) is 19.9. The Bertz CT molecular complexity index is 952. The molecule has 0 saturated carbocycles. The molecule has 4 nitrogen and oxygen atoms in total. The van der Waals surface area contributed by atoms with Crippen LogP contribution in [0.5, 0.6) is 0 Å². The number of aryl methyl sites for hydroxylation is 1. The molecule has 1 N–H and O–H groups in total. The van der Waals surface area contributed by atoms with E-state index in [0.717, 1.165) is 23.6 Å². The summed E-state index contributed by atoms with van der Waals surface area (Å²) in [5.74, 6) is -0.778. The number of carbonyl (C=O) groups excluding carboxylic acids is 2. The van der Waals surface area contributed by atoms with Crippen LogP contribution in [0.4, 0.5) is 0 Å². The van der Waals surface area contributed by atoms with Crippen LogP contribution in [-0.2, 0) is 16.0 Å². The smallest absolute Gasteiger partial charge is 0.338 e. The van der Waals surface area contributed by atoms with Gasteiger partial charge in [-0.05, 0) is 55.2 Å². The van der Waals surface area contributed by atoms with Crippen LogP contribution in [0.15, 0.2) is 72.8 Å². The van der Waals surface area contributed by atoms with Gasteiger partial charge in [-0.3, -0.25) is 4.79 Å². The Hall–Kier alpha value is -3.14. The molecular formula is C24H25NO3. The Morgan fingerprint density at radius 1 is 0.893 bits per heavy atom. The normalized spacial score (nSPS) is 12.9. The summed E-state index contributed by atoms with van der Waals surface area (Å²) in [6.07, 6.45) is 0.854. The number of hydrogen-bond donors (Lipinski definition) is 1. The summed E-state index contributed by atoms with van der Waals surface area (Å²) in [5.41, 5.74) is 1.68. The molecule has 1 amide bonds. The predicted molar refractivity (Wildman–Crippen MR) is 111 cm³/mol. The van der Waals surface area contributed by atoms with Gasteiger partial charge in [-0.25, -0.2) is 4.79 Å². The fraction of sp³-hybridized carbons (Fsp3) is 0.250. The van der Waals surface area contributed by atoms with E-state index in [9.17, 15) is 9.59 Å². The molecule has 0 aromatic heterocycles. The van der Waals surface area contributed by atoms with Crippen molar-refractivity contribution < 1.29 is 14.3 Å². The van der Waals surface area contributed by atoms with E-state index in [4.69, 9.17) is 4.74 Å². The van der Waals surface area contributed by atoms with Gasteiger partial charge >= 0.3 is 5.97 Å². The maximum absolute atomic E-state index is 12.4. The third kappa shape index (κ3) is 5.19. The van der Waals surface area contributed by atoms with E-state index in [-0.39, 0.29) is 11.9 Å². The van der Waals surface area contributed by atoms with Crippen LogP contribution in [0.3, 0.4) is 0 Å². The number of ether oxygens (including phenoxy) is 1. The average molecular weight is 375 g/mol. The quantitative estimate of drug-likeness (QED) is 0.618. The molecule has 0 bridgehead atoms. The lowest BCUT2D eigenvalue weighted by atomic mass is 10.1. The summed E-state index contributed by atoms with van der Waals surface area (Å²) in [6, 6.07) is 23.3. The van der Waals surface area contributed by atoms with Crippen LogP contribution in [-0.4, -0.2) is 24.0 Å². The van der Waals surface area contributed by atoms with Gasteiger partial charge in [-0.2, -0.15) is 0 Å². The summed E-state index contributed by atoms with van der Waals surface area (Å²) in [7, 11) is 0. The third-order valence-electron chi connectivity index (χ3n) is 4.74. The molecular weight excluding hydrogens is 350 g/mol. The highest BCUT2D eigenvalue weighted by Gasteiger charge is 2.20. The molecule has 144 valence electrons. The molecule has 0 saturated heterocycles. The Morgan fingerprint density at radius 3 is 2.32 bits per heavy atom. The minimum atomic E-state index is -0.849. The number of rotatable bonds is 7. The fourth-order valence-corrected chi connectivity index (χ4v) is 3.06. The van der Waals surface area contributed by atoms with Crippen molar-refractivity contribution in [3.05, 3.63) is 83.9 Å². The van der Waals surface area contributed by atoms with Crippen LogP contribution < -0.4 is 5.32 Å². The Labute approximate surface area is 165 Å². The summed E-state index contributed by atoms with van der Waals surface area (Å²) in [6.45, 7) is 3.55. The van der Waals surface area contributed by atoms with Crippen molar-refractivity contribution in [2.24, 2.45) is 0 Å². The molecule has 0 aliphatic carbocycles. The molecule has 28 heavy (non-hydrogen) atoms. The Kier molecular flexibility index (Phi) is 6.43. The summed E-state index contributed by atoms with van der Waals surface area (Å²) < 4.78 is 5.36. The number of benzene rings is 3. The summed E-state index contributed by atoms with van der Waals surface area (Å²) in [4.78, 5) is 24.8. The van der Waals surface area contributed by atoms with Gasteiger partial charge in [0, 0.05) is 6.04 Å². The van der Waals surface area contributed by atoms with Gasteiger partial charge < -0.3 is 10.1 Å². The van der Waals surface area contributed by atoms with Gasteiger partial charge in [0.05, 0.1) is 5.56 Å². The molecule has 0 fully saturated rings. The zero-order valence-corrected chi connectivity index (χ0v) is 16.2. The standard InChI is InChI=1S/C24H25NO3/c1-17(12-13-19-8-4-3-5-9-19)25-23(26)18(2)28-24(27)22-15-14-20-10-6-7-11-21(20)16-22/h3-11,14-18H,12-13H2,1-2H3,(H,25,26)/t17-,18+/m0/s1. The molecule has 0 radical (unpaired) electrons. The molecule has 0 spiro atoms. The van der Waals surface area contributed by atoms with Crippen molar-refractivity contribution in [3.8, 4) is 0 Å². The number of amides is 1. The molecule has 4 heteroatoms. The Balaban J connectivity index is 1.51. The number of carbonyl (C=O) groups is 2. The van der Waals surface area contributed by atoms with E-state index in [1.807, 2.05) is 55.5 Å². The number of esters is 1. The summed E-state index contributed by atoms with van der Waals surface area (Å²) in [5, 5.41) is 4.93. The van der Waals surface area contributed by atoms with Crippen LogP contribution in [0.2, 0.25) is 0 Å². The van der Waals surface area contributed by atoms with Gasteiger partial charge in [0.15, 0.2) is 6.10 Å². The van der Waals surface area contributed by atoms with Gasteiger partial charge in [-0.1, -0.05) is 60.7 Å². The zero-order valence-electron chi connectivity index (χ0n) is 16.2. The third-order valence-corrected chi connectivity index (χ3v) is 4.74. The second-order valence-electron chi connectivity index (χ2n) is 7.04. The lowest BCUT2D eigenvalue weighted by molar-refractivity contribution is -0.129. The first-order chi connectivity index (χ1) is 13.5. The number of hydrogen-bond acceptors (Lipinski definition) is 3. The summed E-state index contributed by atoms with van der Waals surface area (Å²) >= 11 is 0. The first-order valence-electron chi connectivity index (χ1n) is 9.57. The van der Waals surface area contributed by atoms with Crippen LogP contribution in [0, 0.1) is 0 Å². The molecule has 3 aromatic rings. The second kappa shape index (κ2) is 9.18. The Morgan fingerprint density at radius 2 is 1.57 bits per heavy atom. The minimum absolute atomic E-state index is 0.00507. The molecule has 3 aromatic carbocycles. The van der Waals surface area contributed by atoms with E-state index in [2.05, 4.69) is 17.4 Å². The van der Waals surface area contributed by atoms with E-state index >= 15 is 0 Å². The van der Waals surface area contributed by atoms with Crippen molar-refractivity contribution in [1.82, 2.24) is 5.32 Å². The van der Waals surface area contributed by atoms with E-state index in [0.29, 0.717) is 5.56 Å². The van der Waals surface area contributed by atoms with Crippen LogP contribution >= 0.6 is 0 Å². The van der Waals surface area contributed by atoms with E-state index < -0.39 is 12.1 Å². The highest BCUT2D eigenvalue weighted by atomic mass is 16.5. The van der Waals surface area contributed by atoms with Crippen LogP contribution in [0.1, 0.15) is 36.2 Å². The largest absolute Gasteiger partial charge is 0.449 e.